The van der Waals surface area contributed by atoms with Crippen LogP contribution in [0.15, 0.2) is 18.2 Å². The zero-order valence-electron chi connectivity index (χ0n) is 11.4. The Morgan fingerprint density at radius 1 is 1.43 bits per heavy atom. The van der Waals surface area contributed by atoms with Gasteiger partial charge in [0.25, 0.3) is 0 Å². The van der Waals surface area contributed by atoms with Gasteiger partial charge >= 0.3 is 12.0 Å². The van der Waals surface area contributed by atoms with Crippen LogP contribution in [0.25, 0.3) is 0 Å². The van der Waals surface area contributed by atoms with Crippen molar-refractivity contribution in [3.05, 3.63) is 29.6 Å². The van der Waals surface area contributed by atoms with E-state index in [9.17, 15) is 14.0 Å². The van der Waals surface area contributed by atoms with Crippen LogP contribution < -0.4 is 10.6 Å². The number of carboxylic acid groups (broad SMARTS) is 1. The number of rotatable bonds is 4. The third-order valence-corrected chi connectivity index (χ3v) is 3.26. The van der Waals surface area contributed by atoms with E-state index < -0.39 is 23.4 Å². The molecule has 6 nitrogen and oxygen atoms in total. The van der Waals surface area contributed by atoms with Crippen LogP contribution in [0.3, 0.4) is 0 Å². The molecule has 0 aromatic heterocycles. The number of carbonyl (C=O) groups is 2. The van der Waals surface area contributed by atoms with Crippen LogP contribution in [0.4, 0.5) is 14.9 Å². The van der Waals surface area contributed by atoms with E-state index in [-0.39, 0.29) is 11.6 Å². The molecular weight excluding hydrogens is 279 g/mol. The smallest absolute Gasteiger partial charge is 0.338 e. The Hall–Kier alpha value is -2.15. The predicted octanol–water partition coefficient (Wildman–Crippen LogP) is 2.07. The molecule has 1 aliphatic rings. The van der Waals surface area contributed by atoms with E-state index in [1.54, 1.807) is 0 Å². The predicted molar refractivity (Wildman–Crippen MR) is 73.9 cm³/mol. The maximum Gasteiger partial charge on any atom is 0.338 e. The maximum atomic E-state index is 13.2. The van der Waals surface area contributed by atoms with E-state index in [1.807, 2.05) is 0 Å². The van der Waals surface area contributed by atoms with E-state index >= 15 is 0 Å². The molecule has 1 aliphatic heterocycles. The zero-order chi connectivity index (χ0) is 15.2. The van der Waals surface area contributed by atoms with Gasteiger partial charge in [-0.15, -0.1) is 0 Å². The highest BCUT2D eigenvalue weighted by atomic mass is 19.1. The topological polar surface area (TPSA) is 87.7 Å². The van der Waals surface area contributed by atoms with E-state index in [1.165, 1.54) is 6.07 Å². The molecule has 1 aromatic carbocycles. The van der Waals surface area contributed by atoms with Crippen LogP contribution in [-0.4, -0.2) is 36.9 Å². The lowest BCUT2D eigenvalue weighted by atomic mass is 10.0. The van der Waals surface area contributed by atoms with Crippen molar-refractivity contribution in [2.75, 3.05) is 25.1 Å². The number of carboxylic acids is 1. The average Bonchev–Trinajstić information content (AvgIpc) is 2.48. The van der Waals surface area contributed by atoms with Crippen molar-refractivity contribution in [2.45, 2.75) is 12.8 Å². The Morgan fingerprint density at radius 3 is 2.90 bits per heavy atom. The van der Waals surface area contributed by atoms with Crippen LogP contribution in [-0.2, 0) is 4.74 Å². The molecular formula is C14H17FN2O4. The van der Waals surface area contributed by atoms with Gasteiger partial charge in [-0.05, 0) is 37.0 Å². The second-order valence-electron chi connectivity index (χ2n) is 4.92. The molecule has 3 N–H and O–H groups in total. The van der Waals surface area contributed by atoms with Gasteiger partial charge in [0.15, 0.2) is 0 Å². The molecule has 21 heavy (non-hydrogen) atoms. The Labute approximate surface area is 121 Å². The van der Waals surface area contributed by atoms with Crippen molar-refractivity contribution in [3.8, 4) is 0 Å². The fraction of sp³-hybridized carbons (Fsp3) is 0.429. The molecule has 2 rings (SSSR count). The summed E-state index contributed by atoms with van der Waals surface area (Å²) in [6, 6.07) is 2.95. The van der Waals surface area contributed by atoms with Crippen molar-refractivity contribution < 1.29 is 23.8 Å². The van der Waals surface area contributed by atoms with Gasteiger partial charge in [-0.2, -0.15) is 0 Å². The summed E-state index contributed by atoms with van der Waals surface area (Å²) < 4.78 is 18.5. The quantitative estimate of drug-likeness (QED) is 0.793. The Kier molecular flexibility index (Phi) is 5.10. The fourth-order valence-corrected chi connectivity index (χ4v) is 2.15. The summed E-state index contributed by atoms with van der Waals surface area (Å²) in [7, 11) is 0. The summed E-state index contributed by atoms with van der Waals surface area (Å²) in [6.45, 7) is 1.87. The molecule has 0 saturated carbocycles. The van der Waals surface area contributed by atoms with Gasteiger partial charge in [0.1, 0.15) is 5.82 Å². The number of hydrogen-bond acceptors (Lipinski definition) is 3. The molecule has 114 valence electrons. The van der Waals surface area contributed by atoms with E-state index in [0.717, 1.165) is 31.6 Å². The minimum Gasteiger partial charge on any atom is -0.478 e. The first-order chi connectivity index (χ1) is 10.1. The first-order valence-corrected chi connectivity index (χ1v) is 6.71. The number of amides is 2. The SMILES string of the molecule is O=C(NCC1CCCOC1)Nc1ccc(F)c(C(=O)O)c1. The van der Waals surface area contributed by atoms with Crippen molar-refractivity contribution in [1.82, 2.24) is 5.32 Å². The molecule has 0 radical (unpaired) electrons. The third kappa shape index (κ3) is 4.42. The highest BCUT2D eigenvalue weighted by molar-refractivity contribution is 5.93. The summed E-state index contributed by atoms with van der Waals surface area (Å²) in [4.78, 5) is 22.5. The van der Waals surface area contributed by atoms with Gasteiger partial charge in [-0.25, -0.2) is 14.0 Å². The number of benzene rings is 1. The lowest BCUT2D eigenvalue weighted by Crippen LogP contribution is -2.35. The second kappa shape index (κ2) is 7.03. The number of ether oxygens (including phenoxy) is 1. The molecule has 2 amide bonds. The van der Waals surface area contributed by atoms with Crippen molar-refractivity contribution in [2.24, 2.45) is 5.92 Å². The summed E-state index contributed by atoms with van der Waals surface area (Å²) in [5.41, 5.74) is -0.250. The molecule has 0 aliphatic carbocycles. The second-order valence-corrected chi connectivity index (χ2v) is 4.92. The van der Waals surface area contributed by atoms with Gasteiger partial charge < -0.3 is 20.5 Å². The minimum atomic E-state index is -1.38. The summed E-state index contributed by atoms with van der Waals surface area (Å²) in [5.74, 6) is -1.93. The van der Waals surface area contributed by atoms with Crippen molar-refractivity contribution >= 4 is 17.7 Å². The summed E-state index contributed by atoms with van der Waals surface area (Å²) in [6.07, 6.45) is 1.98. The molecule has 0 bridgehead atoms. The number of halogens is 1. The number of hydrogen-bond donors (Lipinski definition) is 3. The van der Waals surface area contributed by atoms with Crippen LogP contribution in [0.2, 0.25) is 0 Å². The fourth-order valence-electron chi connectivity index (χ4n) is 2.15. The summed E-state index contributed by atoms with van der Waals surface area (Å²) >= 11 is 0. The normalized spacial score (nSPS) is 18.0. The maximum absolute atomic E-state index is 13.2. The van der Waals surface area contributed by atoms with Crippen LogP contribution in [0.5, 0.6) is 0 Å². The molecule has 0 spiro atoms. The lowest BCUT2D eigenvalue weighted by Gasteiger charge is -2.22. The number of carbonyl (C=O) groups excluding carboxylic acids is 1. The number of anilines is 1. The molecule has 1 unspecified atom stereocenters. The van der Waals surface area contributed by atoms with E-state index in [2.05, 4.69) is 10.6 Å². The molecule has 1 atom stereocenters. The highest BCUT2D eigenvalue weighted by Gasteiger charge is 2.15. The number of urea groups is 1. The lowest BCUT2D eigenvalue weighted by molar-refractivity contribution is 0.0559. The van der Waals surface area contributed by atoms with Gasteiger partial charge in [0.2, 0.25) is 0 Å². The van der Waals surface area contributed by atoms with Gasteiger partial charge in [-0.1, -0.05) is 0 Å². The van der Waals surface area contributed by atoms with E-state index in [0.29, 0.717) is 13.2 Å². The monoisotopic (exact) mass is 296 g/mol. The molecule has 1 fully saturated rings. The largest absolute Gasteiger partial charge is 0.478 e. The van der Waals surface area contributed by atoms with Crippen LogP contribution in [0, 0.1) is 11.7 Å². The van der Waals surface area contributed by atoms with Crippen LogP contribution in [0.1, 0.15) is 23.2 Å². The molecule has 1 aromatic rings. The third-order valence-electron chi connectivity index (χ3n) is 3.26. The Balaban J connectivity index is 1.87. The number of nitrogens with one attached hydrogen (secondary N) is 2. The minimum absolute atomic E-state index is 0.228. The van der Waals surface area contributed by atoms with Crippen LogP contribution >= 0.6 is 0 Å². The number of aromatic carboxylic acids is 1. The first kappa shape index (κ1) is 15.2. The standard InChI is InChI=1S/C14H17FN2O4/c15-12-4-3-10(6-11(12)13(18)19)17-14(20)16-7-9-2-1-5-21-8-9/h3-4,6,9H,1-2,5,7-8H2,(H,18,19)(H2,16,17,20). The first-order valence-electron chi connectivity index (χ1n) is 6.71. The van der Waals surface area contributed by atoms with Gasteiger partial charge in [0, 0.05) is 18.8 Å². The Bertz CT molecular complexity index is 530. The average molecular weight is 296 g/mol. The summed E-state index contributed by atoms with van der Waals surface area (Å²) in [5, 5.41) is 14.0. The Morgan fingerprint density at radius 2 is 2.24 bits per heavy atom. The highest BCUT2D eigenvalue weighted by Crippen LogP contribution is 2.15. The molecule has 1 heterocycles. The van der Waals surface area contributed by atoms with Gasteiger partial charge in [0.05, 0.1) is 12.2 Å². The van der Waals surface area contributed by atoms with Gasteiger partial charge in [-0.3, -0.25) is 0 Å². The zero-order valence-corrected chi connectivity index (χ0v) is 11.4. The van der Waals surface area contributed by atoms with Crippen molar-refractivity contribution in [3.63, 3.8) is 0 Å². The van der Waals surface area contributed by atoms with Crippen molar-refractivity contribution in [1.29, 1.82) is 0 Å². The molecule has 1 saturated heterocycles. The van der Waals surface area contributed by atoms with E-state index in [4.69, 9.17) is 9.84 Å². The molecule has 7 heteroatoms.